The van der Waals surface area contributed by atoms with Crippen LogP contribution < -0.4 is 10.0 Å². The zero-order chi connectivity index (χ0) is 19.0. The molecule has 0 spiro atoms. The molecule has 1 saturated heterocycles. The number of ether oxygens (including phenoxy) is 1. The third-order valence-corrected chi connectivity index (χ3v) is 6.94. The van der Waals surface area contributed by atoms with Gasteiger partial charge in [-0.1, -0.05) is 6.07 Å². The minimum absolute atomic E-state index is 0. The van der Waals surface area contributed by atoms with Gasteiger partial charge in [0.2, 0.25) is 10.0 Å². The Labute approximate surface area is 181 Å². The van der Waals surface area contributed by atoms with Gasteiger partial charge in [-0.15, -0.1) is 35.3 Å². The Morgan fingerprint density at radius 2 is 2.07 bits per heavy atom. The predicted octanol–water partition coefficient (Wildman–Crippen LogP) is 1.49. The molecule has 1 aromatic rings. The number of carbonyl (C=O) groups excluding carboxylic acids is 1. The third kappa shape index (κ3) is 7.20. The van der Waals surface area contributed by atoms with Gasteiger partial charge < -0.3 is 15.0 Å². The molecule has 0 unspecified atom stereocenters. The van der Waals surface area contributed by atoms with Crippen molar-refractivity contribution in [1.29, 1.82) is 0 Å². The van der Waals surface area contributed by atoms with Crippen LogP contribution in [0.5, 0.6) is 0 Å². The van der Waals surface area contributed by atoms with Gasteiger partial charge in [-0.3, -0.25) is 9.79 Å². The molecule has 154 valence electrons. The number of hydrogen-bond donors (Lipinski definition) is 2. The Hall–Kier alpha value is -0.920. The molecule has 0 aliphatic carbocycles. The number of thiophene rings is 1. The number of nitrogens with one attached hydrogen (secondary N) is 2. The van der Waals surface area contributed by atoms with E-state index >= 15 is 0 Å². The van der Waals surface area contributed by atoms with Gasteiger partial charge in [0, 0.05) is 33.2 Å². The minimum atomic E-state index is -3.45. The number of sulfonamides is 1. The van der Waals surface area contributed by atoms with Gasteiger partial charge in [0.15, 0.2) is 5.96 Å². The van der Waals surface area contributed by atoms with Crippen molar-refractivity contribution in [3.05, 3.63) is 17.5 Å². The van der Waals surface area contributed by atoms with E-state index in [1.54, 1.807) is 24.6 Å². The van der Waals surface area contributed by atoms with Crippen molar-refractivity contribution < 1.29 is 17.9 Å². The zero-order valence-corrected chi connectivity index (χ0v) is 19.5. The van der Waals surface area contributed by atoms with Gasteiger partial charge in [-0.05, 0) is 31.2 Å². The number of hydrogen-bond acceptors (Lipinski definition) is 6. The number of piperidine rings is 1. The highest BCUT2D eigenvalue weighted by atomic mass is 127. The van der Waals surface area contributed by atoms with E-state index in [1.165, 1.54) is 11.3 Å². The van der Waals surface area contributed by atoms with Crippen molar-refractivity contribution in [2.75, 3.05) is 39.8 Å². The topological polar surface area (TPSA) is 100 Å². The zero-order valence-electron chi connectivity index (χ0n) is 15.5. The first-order valence-electron chi connectivity index (χ1n) is 8.63. The van der Waals surface area contributed by atoms with E-state index in [9.17, 15) is 13.2 Å². The molecule has 0 amide bonds. The first kappa shape index (κ1) is 24.1. The lowest BCUT2D eigenvalue weighted by atomic mass is 9.97. The Balaban J connectivity index is 0.00000364. The Bertz CT molecular complexity index is 702. The second-order valence-corrected chi connectivity index (χ2v) is 8.76. The molecule has 1 aliphatic heterocycles. The van der Waals surface area contributed by atoms with Crippen molar-refractivity contribution in [2.45, 2.75) is 24.0 Å². The average Bonchev–Trinajstić information content (AvgIpc) is 3.18. The molecule has 2 heterocycles. The standard InChI is InChI=1S/C16H26N4O4S2.HI/c1-3-24-15(21)13-6-10-20(11-7-13)16(17-2)18-8-9-19-26(22,23)14-5-4-12-25-14;/h4-5,12-13,19H,3,6-11H2,1-2H3,(H,17,18);1H. The molecule has 0 radical (unpaired) electrons. The van der Waals surface area contributed by atoms with Crippen molar-refractivity contribution in [1.82, 2.24) is 14.9 Å². The van der Waals surface area contributed by atoms with Crippen LogP contribution in [0.15, 0.2) is 26.7 Å². The van der Waals surface area contributed by atoms with Gasteiger partial charge in [0.05, 0.1) is 12.5 Å². The molecular weight excluding hydrogens is 503 g/mol. The lowest BCUT2D eigenvalue weighted by Crippen LogP contribution is -2.48. The highest BCUT2D eigenvalue weighted by Gasteiger charge is 2.27. The van der Waals surface area contributed by atoms with Crippen molar-refractivity contribution in [3.63, 3.8) is 0 Å². The van der Waals surface area contributed by atoms with Crippen LogP contribution in [-0.4, -0.2) is 65.1 Å². The van der Waals surface area contributed by atoms with E-state index in [0.29, 0.717) is 36.4 Å². The molecule has 0 saturated carbocycles. The lowest BCUT2D eigenvalue weighted by molar-refractivity contribution is -0.149. The Morgan fingerprint density at radius 3 is 2.63 bits per heavy atom. The summed E-state index contributed by atoms with van der Waals surface area (Å²) in [6.07, 6.45) is 1.45. The number of carbonyl (C=O) groups is 1. The fourth-order valence-corrected chi connectivity index (χ4v) is 4.84. The quantitative estimate of drug-likeness (QED) is 0.182. The molecule has 0 bridgehead atoms. The van der Waals surface area contributed by atoms with Crippen LogP contribution in [0.1, 0.15) is 19.8 Å². The van der Waals surface area contributed by atoms with Crippen LogP contribution in [0.25, 0.3) is 0 Å². The summed E-state index contributed by atoms with van der Waals surface area (Å²) in [5, 5.41) is 4.89. The molecule has 1 fully saturated rings. The first-order chi connectivity index (χ1) is 12.5. The molecule has 1 aliphatic rings. The fourth-order valence-electron chi connectivity index (χ4n) is 2.77. The fraction of sp³-hybridized carbons (Fsp3) is 0.625. The van der Waals surface area contributed by atoms with E-state index in [2.05, 4.69) is 19.9 Å². The SMILES string of the molecule is CCOC(=O)C1CCN(C(=NC)NCCNS(=O)(=O)c2cccs2)CC1.I. The Kier molecular flexibility index (Phi) is 10.6. The molecule has 27 heavy (non-hydrogen) atoms. The number of rotatable bonds is 7. The van der Waals surface area contributed by atoms with Crippen molar-refractivity contribution >= 4 is 57.3 Å². The first-order valence-corrected chi connectivity index (χ1v) is 11.0. The van der Waals surface area contributed by atoms with E-state index in [0.717, 1.165) is 12.8 Å². The number of nitrogens with zero attached hydrogens (tertiary/aromatic N) is 2. The maximum atomic E-state index is 12.0. The maximum Gasteiger partial charge on any atom is 0.309 e. The summed E-state index contributed by atoms with van der Waals surface area (Å²) < 4.78 is 32.1. The number of aliphatic imine (C=N–C) groups is 1. The molecule has 0 atom stereocenters. The number of likely N-dealkylation sites (tertiary alicyclic amines) is 1. The van der Waals surface area contributed by atoms with E-state index in [4.69, 9.17) is 4.74 Å². The number of esters is 1. The van der Waals surface area contributed by atoms with E-state index in [1.807, 2.05) is 6.92 Å². The smallest absolute Gasteiger partial charge is 0.309 e. The van der Waals surface area contributed by atoms with Gasteiger partial charge in [-0.2, -0.15) is 0 Å². The second kappa shape index (κ2) is 11.8. The summed E-state index contributed by atoms with van der Waals surface area (Å²) in [4.78, 5) is 18.1. The summed E-state index contributed by atoms with van der Waals surface area (Å²) in [5.74, 6) is 0.530. The number of guanidine groups is 1. The summed E-state index contributed by atoms with van der Waals surface area (Å²) in [6, 6.07) is 3.28. The lowest BCUT2D eigenvalue weighted by Gasteiger charge is -2.33. The van der Waals surface area contributed by atoms with Gasteiger partial charge in [0.1, 0.15) is 4.21 Å². The molecular formula is C16H27IN4O4S2. The van der Waals surface area contributed by atoms with Crippen molar-refractivity contribution in [3.8, 4) is 0 Å². The third-order valence-electron chi connectivity index (χ3n) is 4.09. The van der Waals surface area contributed by atoms with E-state index in [-0.39, 0.29) is 42.4 Å². The highest BCUT2D eigenvalue weighted by Crippen LogP contribution is 2.18. The van der Waals surface area contributed by atoms with Gasteiger partial charge >= 0.3 is 5.97 Å². The maximum absolute atomic E-state index is 12.0. The molecule has 2 rings (SSSR count). The van der Waals surface area contributed by atoms with E-state index < -0.39 is 10.0 Å². The van der Waals surface area contributed by atoms with Crippen LogP contribution in [0.3, 0.4) is 0 Å². The normalized spacial score (nSPS) is 15.9. The monoisotopic (exact) mass is 530 g/mol. The average molecular weight is 530 g/mol. The van der Waals surface area contributed by atoms with Crippen LogP contribution in [0.4, 0.5) is 0 Å². The minimum Gasteiger partial charge on any atom is -0.466 e. The van der Waals surface area contributed by atoms with Crippen LogP contribution in [-0.2, 0) is 19.6 Å². The van der Waals surface area contributed by atoms with Crippen LogP contribution >= 0.6 is 35.3 Å². The van der Waals surface area contributed by atoms with Crippen LogP contribution in [0.2, 0.25) is 0 Å². The highest BCUT2D eigenvalue weighted by molar-refractivity contribution is 14.0. The largest absolute Gasteiger partial charge is 0.466 e. The molecule has 11 heteroatoms. The molecule has 2 N–H and O–H groups in total. The predicted molar refractivity (Wildman–Crippen MR) is 117 cm³/mol. The Morgan fingerprint density at radius 1 is 1.37 bits per heavy atom. The van der Waals surface area contributed by atoms with Gasteiger partial charge in [-0.25, -0.2) is 13.1 Å². The second-order valence-electron chi connectivity index (χ2n) is 5.82. The number of halogens is 1. The summed E-state index contributed by atoms with van der Waals surface area (Å²) in [5.41, 5.74) is 0. The summed E-state index contributed by atoms with van der Waals surface area (Å²) in [6.45, 7) is 4.33. The summed E-state index contributed by atoms with van der Waals surface area (Å²) >= 11 is 1.19. The summed E-state index contributed by atoms with van der Waals surface area (Å²) in [7, 11) is -1.76. The van der Waals surface area contributed by atoms with Crippen molar-refractivity contribution in [2.24, 2.45) is 10.9 Å². The molecule has 0 aromatic carbocycles. The van der Waals surface area contributed by atoms with Gasteiger partial charge in [0.25, 0.3) is 0 Å². The molecule has 8 nitrogen and oxygen atoms in total. The van der Waals surface area contributed by atoms with Crippen LogP contribution in [0, 0.1) is 5.92 Å². The molecule has 1 aromatic heterocycles.